The van der Waals surface area contributed by atoms with Crippen LogP contribution in [0.2, 0.25) is 0 Å². The summed E-state index contributed by atoms with van der Waals surface area (Å²) in [4.78, 5) is 0. The molecule has 1 atom stereocenters. The van der Waals surface area contributed by atoms with Crippen LogP contribution in [0.15, 0.2) is 18.2 Å². The molecule has 1 rings (SSSR count). The predicted octanol–water partition coefficient (Wildman–Crippen LogP) is 3.22. The molecule has 84 valence electrons. The highest BCUT2D eigenvalue weighted by Gasteiger charge is 2.14. The van der Waals surface area contributed by atoms with Gasteiger partial charge < -0.3 is 5.73 Å². The molecule has 0 saturated carbocycles. The third-order valence-corrected chi connectivity index (χ3v) is 2.43. The first-order valence-electron chi connectivity index (χ1n) is 4.83. The fraction of sp³-hybridized carbons (Fsp3) is 0.455. The zero-order chi connectivity index (χ0) is 11.4. The van der Waals surface area contributed by atoms with E-state index >= 15 is 0 Å². The number of hydrogen-bond acceptors (Lipinski definition) is 1. The van der Waals surface area contributed by atoms with Crippen molar-refractivity contribution in [2.45, 2.75) is 25.7 Å². The van der Waals surface area contributed by atoms with Gasteiger partial charge in [0, 0.05) is 0 Å². The molecule has 1 nitrogen and oxygen atoms in total. The zero-order valence-electron chi connectivity index (χ0n) is 8.51. The Morgan fingerprint density at radius 2 is 2.00 bits per heavy atom. The number of hydrogen-bond donors (Lipinski definition) is 1. The smallest absolute Gasteiger partial charge is 0.266 e. The summed E-state index contributed by atoms with van der Waals surface area (Å²) in [6, 6.07) is 3.84. The molecule has 0 saturated heterocycles. The van der Waals surface area contributed by atoms with Gasteiger partial charge in [-0.25, -0.2) is 13.2 Å². The van der Waals surface area contributed by atoms with Gasteiger partial charge in [0.2, 0.25) is 0 Å². The van der Waals surface area contributed by atoms with Crippen molar-refractivity contribution < 1.29 is 13.2 Å². The second-order valence-electron chi connectivity index (χ2n) is 3.56. The van der Waals surface area contributed by atoms with E-state index in [4.69, 9.17) is 5.73 Å². The second-order valence-corrected chi connectivity index (χ2v) is 3.56. The molecule has 0 fully saturated rings. The lowest BCUT2D eigenvalue weighted by Crippen LogP contribution is -2.05. The zero-order valence-corrected chi connectivity index (χ0v) is 8.51. The Morgan fingerprint density at radius 3 is 2.47 bits per heavy atom. The van der Waals surface area contributed by atoms with Crippen LogP contribution in [0.1, 0.15) is 36.8 Å². The molecule has 15 heavy (non-hydrogen) atoms. The summed E-state index contributed by atoms with van der Waals surface area (Å²) in [5, 5.41) is 0. The SMILES string of the molecule is CC(CCN)c1ccc(C(F)F)c(F)c1. The topological polar surface area (TPSA) is 26.0 Å². The molecular formula is C11H14F3N. The Bertz CT molecular complexity index is 326. The Labute approximate surface area is 87.1 Å². The van der Waals surface area contributed by atoms with Gasteiger partial charge in [-0.2, -0.15) is 0 Å². The summed E-state index contributed by atoms with van der Waals surface area (Å²) in [7, 11) is 0. The highest BCUT2D eigenvalue weighted by Crippen LogP contribution is 2.26. The molecule has 0 amide bonds. The van der Waals surface area contributed by atoms with Gasteiger partial charge >= 0.3 is 0 Å². The van der Waals surface area contributed by atoms with E-state index in [1.165, 1.54) is 12.1 Å². The van der Waals surface area contributed by atoms with Gasteiger partial charge in [-0.05, 0) is 30.5 Å². The van der Waals surface area contributed by atoms with E-state index < -0.39 is 17.8 Å². The van der Waals surface area contributed by atoms with E-state index in [0.29, 0.717) is 18.5 Å². The van der Waals surface area contributed by atoms with Gasteiger partial charge in [-0.3, -0.25) is 0 Å². The van der Waals surface area contributed by atoms with Crippen molar-refractivity contribution in [1.29, 1.82) is 0 Å². The van der Waals surface area contributed by atoms with Crippen LogP contribution in [-0.4, -0.2) is 6.54 Å². The third-order valence-electron chi connectivity index (χ3n) is 2.43. The molecule has 1 aromatic rings. The van der Waals surface area contributed by atoms with Crippen molar-refractivity contribution in [1.82, 2.24) is 0 Å². The molecule has 0 spiro atoms. The first-order valence-corrected chi connectivity index (χ1v) is 4.83. The van der Waals surface area contributed by atoms with Gasteiger partial charge in [-0.1, -0.05) is 19.1 Å². The maximum Gasteiger partial charge on any atom is 0.266 e. The minimum absolute atomic E-state index is 0.0937. The monoisotopic (exact) mass is 217 g/mol. The van der Waals surface area contributed by atoms with Crippen molar-refractivity contribution in [2.24, 2.45) is 5.73 Å². The summed E-state index contributed by atoms with van der Waals surface area (Å²) in [5.41, 5.74) is 5.54. The fourth-order valence-electron chi connectivity index (χ4n) is 1.44. The third kappa shape index (κ3) is 2.96. The summed E-state index contributed by atoms with van der Waals surface area (Å²) in [5.74, 6) is -0.748. The van der Waals surface area contributed by atoms with Gasteiger partial charge in [0.25, 0.3) is 6.43 Å². The number of alkyl halides is 2. The van der Waals surface area contributed by atoms with Crippen molar-refractivity contribution in [3.63, 3.8) is 0 Å². The molecule has 4 heteroatoms. The molecule has 1 unspecified atom stereocenters. The number of benzene rings is 1. The summed E-state index contributed by atoms with van der Waals surface area (Å²) in [6.45, 7) is 2.39. The number of rotatable bonds is 4. The Balaban J connectivity index is 2.91. The highest BCUT2D eigenvalue weighted by molar-refractivity contribution is 5.27. The number of nitrogens with two attached hydrogens (primary N) is 1. The summed E-state index contributed by atoms with van der Waals surface area (Å²) in [6.07, 6.45) is -2.04. The molecule has 0 heterocycles. The maximum absolute atomic E-state index is 13.2. The minimum atomic E-state index is -2.76. The Kier molecular flexibility index (Phi) is 4.15. The highest BCUT2D eigenvalue weighted by atomic mass is 19.3. The summed E-state index contributed by atoms with van der Waals surface area (Å²) >= 11 is 0. The second kappa shape index (κ2) is 5.16. The number of halogens is 3. The van der Waals surface area contributed by atoms with Gasteiger partial charge in [0.05, 0.1) is 5.56 Å². The van der Waals surface area contributed by atoms with Crippen LogP contribution in [0, 0.1) is 5.82 Å². The predicted molar refractivity (Wildman–Crippen MR) is 53.4 cm³/mol. The standard InChI is InChI=1S/C11H14F3N/c1-7(4-5-15)8-2-3-9(11(13)14)10(12)6-8/h2-3,6-7,11H,4-5,15H2,1H3. The average molecular weight is 217 g/mol. The molecule has 0 aromatic heterocycles. The average Bonchev–Trinajstić information content (AvgIpc) is 2.17. The minimum Gasteiger partial charge on any atom is -0.330 e. The first kappa shape index (κ1) is 12.0. The van der Waals surface area contributed by atoms with Crippen LogP contribution in [0.5, 0.6) is 0 Å². The molecule has 2 N–H and O–H groups in total. The van der Waals surface area contributed by atoms with E-state index in [-0.39, 0.29) is 5.92 Å². The largest absolute Gasteiger partial charge is 0.330 e. The van der Waals surface area contributed by atoms with Crippen molar-refractivity contribution in [2.75, 3.05) is 6.54 Å². The lowest BCUT2D eigenvalue weighted by atomic mass is 9.96. The van der Waals surface area contributed by atoms with Crippen LogP contribution >= 0.6 is 0 Å². The summed E-state index contributed by atoms with van der Waals surface area (Å²) < 4.78 is 37.7. The maximum atomic E-state index is 13.2. The molecule has 1 aromatic carbocycles. The van der Waals surface area contributed by atoms with Gasteiger partial charge in [0.15, 0.2) is 0 Å². The molecule has 0 aliphatic heterocycles. The van der Waals surface area contributed by atoms with E-state index in [1.807, 2.05) is 6.92 Å². The molecule has 0 radical (unpaired) electrons. The molecule has 0 bridgehead atoms. The Morgan fingerprint density at radius 1 is 1.33 bits per heavy atom. The fourth-order valence-corrected chi connectivity index (χ4v) is 1.44. The van der Waals surface area contributed by atoms with Crippen LogP contribution < -0.4 is 5.73 Å². The van der Waals surface area contributed by atoms with E-state index in [9.17, 15) is 13.2 Å². The van der Waals surface area contributed by atoms with Crippen LogP contribution in [0.25, 0.3) is 0 Å². The van der Waals surface area contributed by atoms with E-state index in [1.54, 1.807) is 0 Å². The van der Waals surface area contributed by atoms with Crippen LogP contribution in [0.3, 0.4) is 0 Å². The van der Waals surface area contributed by atoms with Crippen molar-refractivity contribution >= 4 is 0 Å². The van der Waals surface area contributed by atoms with Crippen LogP contribution in [0.4, 0.5) is 13.2 Å². The lowest BCUT2D eigenvalue weighted by Gasteiger charge is -2.11. The molecule has 0 aliphatic rings. The molecular weight excluding hydrogens is 203 g/mol. The quantitative estimate of drug-likeness (QED) is 0.823. The molecule has 0 aliphatic carbocycles. The lowest BCUT2D eigenvalue weighted by molar-refractivity contribution is 0.146. The Hall–Kier alpha value is -1.03. The van der Waals surface area contributed by atoms with E-state index in [0.717, 1.165) is 6.07 Å². The van der Waals surface area contributed by atoms with Crippen molar-refractivity contribution in [3.8, 4) is 0 Å². The normalized spacial score (nSPS) is 13.2. The van der Waals surface area contributed by atoms with Crippen molar-refractivity contribution in [3.05, 3.63) is 35.1 Å². The van der Waals surface area contributed by atoms with Crippen LogP contribution in [-0.2, 0) is 0 Å². The van der Waals surface area contributed by atoms with E-state index in [2.05, 4.69) is 0 Å². The van der Waals surface area contributed by atoms with Gasteiger partial charge in [-0.15, -0.1) is 0 Å². The van der Waals surface area contributed by atoms with Gasteiger partial charge in [0.1, 0.15) is 5.82 Å². The first-order chi connectivity index (χ1) is 7.06.